The van der Waals surface area contributed by atoms with Crippen molar-refractivity contribution in [3.63, 3.8) is 0 Å². The summed E-state index contributed by atoms with van der Waals surface area (Å²) in [6.07, 6.45) is -7.82. The van der Waals surface area contributed by atoms with E-state index in [0.29, 0.717) is 5.75 Å². The molecule has 9 atom stereocenters. The molecule has 9 unspecified atom stereocenters. The maximum absolute atomic E-state index is 12.7. The molecule has 0 radical (unpaired) electrons. The van der Waals surface area contributed by atoms with Gasteiger partial charge in [0.2, 0.25) is 5.91 Å². The lowest BCUT2D eigenvalue weighted by Crippen LogP contribution is -2.46. The zero-order chi connectivity index (χ0) is 40.6. The molecular formula is C25H44N7O18P3S. The first kappa shape index (κ1) is 46.4. The number of hydrogen-bond acceptors (Lipinski definition) is 20. The van der Waals surface area contributed by atoms with Gasteiger partial charge in [-0.2, -0.15) is 4.31 Å². The molecule has 2 aromatic rings. The van der Waals surface area contributed by atoms with Gasteiger partial charge in [0.05, 0.1) is 26.1 Å². The van der Waals surface area contributed by atoms with Crippen LogP contribution in [-0.2, 0) is 45.9 Å². The minimum Gasteiger partial charge on any atom is -0.396 e. The quantitative estimate of drug-likeness (QED) is 0.0349. The molecule has 0 aromatic carbocycles. The van der Waals surface area contributed by atoms with E-state index in [2.05, 4.69) is 34.4 Å². The van der Waals surface area contributed by atoms with E-state index in [0.717, 1.165) is 29.0 Å². The number of imidazole rings is 1. The molecule has 1 aliphatic rings. The molecule has 0 aliphatic carbocycles. The number of nitrogens with zero attached hydrogens (tertiary/aromatic N) is 4. The fourth-order valence-electron chi connectivity index (χ4n) is 4.58. The highest BCUT2D eigenvalue weighted by molar-refractivity contribution is 8.13. The number of aromatic nitrogens is 4. The molecule has 12 N–H and O–H groups in total. The fraction of sp³-hybridized carbons (Fsp3) is 0.720. The van der Waals surface area contributed by atoms with Crippen LogP contribution >= 0.6 is 35.2 Å². The summed E-state index contributed by atoms with van der Waals surface area (Å²) < 4.78 is 62.0. The topological polar surface area (TPSA) is 387 Å². The number of ether oxygens (including phenoxy) is 1. The van der Waals surface area contributed by atoms with Crippen molar-refractivity contribution >= 4 is 63.2 Å². The summed E-state index contributed by atoms with van der Waals surface area (Å²) >= 11 is 0.984. The second kappa shape index (κ2) is 19.4. The highest BCUT2D eigenvalue weighted by Gasteiger charge is 2.50. The summed E-state index contributed by atoms with van der Waals surface area (Å²) in [5.74, 6) is -1.19. The number of aliphatic hydroxyl groups excluding tert-OH is 4. The maximum atomic E-state index is 12.7. The monoisotopic (exact) mass is 855 g/mol. The molecular weight excluding hydrogens is 811 g/mol. The minimum absolute atomic E-state index is 0.00523. The summed E-state index contributed by atoms with van der Waals surface area (Å²) in [6.45, 7) is 1.92. The van der Waals surface area contributed by atoms with Gasteiger partial charge in [0.15, 0.2) is 22.8 Å². The predicted octanol–water partition coefficient (Wildman–Crippen LogP) is -1.92. The van der Waals surface area contributed by atoms with Crippen LogP contribution in [0.2, 0.25) is 0 Å². The standard InChI is InChI=1S/C25H44N7O18P3S/c1-13(8-33)24(38)54-7-6-27-15(34)4-5-28-22(37)19(36)25(2,3)10-47-53(44,45)50-52(42,43)46-9-14-18(49-51(39,40)41)17(35)23(48-14)32-12-31-16-20(26)29-11-30-21(16)32/h11-15,17-19,23,27,33-36H,4-10H2,1-3H3,(H,28,37)(H,42,43)(H,44,45)(H2,26,29,30)(H2,39,40,41). The third-order valence-electron chi connectivity index (χ3n) is 7.55. The number of rotatable bonds is 22. The number of nitrogens with two attached hydrogens (primary N) is 1. The SMILES string of the molecule is CC(CO)C(=O)SCCNC(O)CCNC(=O)C(O)C(C)(C)COP(=O)(O)OP(=O)(O)OCC1OC(n2cnc3c(N)ncnc32)C(O)C1OP(=O)(O)O. The van der Waals surface area contributed by atoms with Gasteiger partial charge in [-0.1, -0.05) is 32.5 Å². The molecule has 3 heterocycles. The Morgan fingerprint density at radius 1 is 1.09 bits per heavy atom. The number of phosphoric acid groups is 3. The van der Waals surface area contributed by atoms with E-state index < -0.39 is 90.8 Å². The van der Waals surface area contributed by atoms with E-state index in [1.165, 1.54) is 13.8 Å². The Kier molecular flexibility index (Phi) is 16.7. The lowest BCUT2D eigenvalue weighted by atomic mass is 9.87. The van der Waals surface area contributed by atoms with E-state index in [9.17, 15) is 58.2 Å². The Morgan fingerprint density at radius 3 is 2.41 bits per heavy atom. The van der Waals surface area contributed by atoms with Gasteiger partial charge in [0.1, 0.15) is 42.5 Å². The van der Waals surface area contributed by atoms with Crippen molar-refractivity contribution in [1.82, 2.24) is 30.2 Å². The van der Waals surface area contributed by atoms with Crippen molar-refractivity contribution in [1.29, 1.82) is 0 Å². The molecule has 1 saturated heterocycles. The second-order valence-corrected chi connectivity index (χ2v) is 17.8. The minimum atomic E-state index is -5.57. The van der Waals surface area contributed by atoms with Gasteiger partial charge in [-0.15, -0.1) is 0 Å². The molecule has 1 aliphatic heterocycles. The number of anilines is 1. The number of nitrogen functional groups attached to an aromatic ring is 1. The van der Waals surface area contributed by atoms with Crippen LogP contribution in [0.25, 0.3) is 11.2 Å². The lowest BCUT2D eigenvalue weighted by Gasteiger charge is -2.30. The summed E-state index contributed by atoms with van der Waals surface area (Å²) in [4.78, 5) is 75.1. The van der Waals surface area contributed by atoms with Crippen molar-refractivity contribution < 1.29 is 85.9 Å². The van der Waals surface area contributed by atoms with Crippen LogP contribution in [0.15, 0.2) is 12.7 Å². The Balaban J connectivity index is 1.51. The van der Waals surface area contributed by atoms with E-state index in [1.807, 2.05) is 0 Å². The van der Waals surface area contributed by atoms with Gasteiger partial charge >= 0.3 is 23.5 Å². The molecule has 3 rings (SSSR count). The third-order valence-corrected chi connectivity index (χ3v) is 11.7. The summed E-state index contributed by atoms with van der Waals surface area (Å²) in [7, 11) is -16.4. The van der Waals surface area contributed by atoms with E-state index >= 15 is 0 Å². The first-order valence-corrected chi connectivity index (χ1v) is 21.3. The van der Waals surface area contributed by atoms with Crippen LogP contribution in [0.5, 0.6) is 0 Å². The Morgan fingerprint density at radius 2 is 1.76 bits per heavy atom. The maximum Gasteiger partial charge on any atom is 0.481 e. The van der Waals surface area contributed by atoms with Gasteiger partial charge in [0.25, 0.3) is 0 Å². The highest BCUT2D eigenvalue weighted by Crippen LogP contribution is 2.61. The largest absolute Gasteiger partial charge is 0.481 e. The number of aliphatic hydroxyl groups is 4. The molecule has 0 saturated carbocycles. The number of thioether (sulfide) groups is 1. The van der Waals surface area contributed by atoms with Crippen LogP contribution in [-0.4, -0.2) is 140 Å². The molecule has 1 fully saturated rings. The lowest BCUT2D eigenvalue weighted by molar-refractivity contribution is -0.137. The molecule has 29 heteroatoms. The molecule has 0 bridgehead atoms. The third kappa shape index (κ3) is 13.6. The average molecular weight is 856 g/mol. The Labute approximate surface area is 311 Å². The van der Waals surface area contributed by atoms with Crippen LogP contribution in [0.1, 0.15) is 33.4 Å². The first-order valence-electron chi connectivity index (χ1n) is 15.8. The zero-order valence-electron chi connectivity index (χ0n) is 28.9. The first-order chi connectivity index (χ1) is 25.0. The van der Waals surface area contributed by atoms with Gasteiger partial charge in [-0.05, 0) is 0 Å². The van der Waals surface area contributed by atoms with Crippen LogP contribution in [0.4, 0.5) is 5.82 Å². The van der Waals surface area contributed by atoms with E-state index in [1.54, 1.807) is 6.92 Å². The van der Waals surface area contributed by atoms with Crippen molar-refractivity contribution in [3.8, 4) is 0 Å². The molecule has 54 heavy (non-hydrogen) atoms. The number of phosphoric ester groups is 3. The van der Waals surface area contributed by atoms with Gasteiger partial charge in [0, 0.05) is 36.6 Å². The average Bonchev–Trinajstić information content (AvgIpc) is 3.64. The molecule has 0 spiro atoms. The smallest absolute Gasteiger partial charge is 0.396 e. The normalized spacial score (nSPS) is 23.4. The number of carbonyl (C=O) groups excluding carboxylic acids is 2. The zero-order valence-corrected chi connectivity index (χ0v) is 32.4. The van der Waals surface area contributed by atoms with E-state index in [-0.39, 0.29) is 48.2 Å². The summed E-state index contributed by atoms with van der Waals surface area (Å²) in [5, 5.41) is 45.3. The molecule has 308 valence electrons. The molecule has 25 nitrogen and oxygen atoms in total. The second-order valence-electron chi connectivity index (χ2n) is 12.5. The number of fused-ring (bicyclic) bond motifs is 1. The van der Waals surface area contributed by atoms with Crippen molar-refractivity contribution in [2.24, 2.45) is 11.3 Å². The summed E-state index contributed by atoms with van der Waals surface area (Å²) in [5.41, 5.74) is 4.26. The van der Waals surface area contributed by atoms with Gasteiger partial charge < -0.3 is 55.8 Å². The molecule has 2 aromatic heterocycles. The Bertz CT molecular complexity index is 1730. The van der Waals surface area contributed by atoms with Crippen LogP contribution in [0, 0.1) is 11.3 Å². The predicted molar refractivity (Wildman–Crippen MR) is 184 cm³/mol. The molecule has 1 amide bonds. The van der Waals surface area contributed by atoms with Crippen LogP contribution in [0.3, 0.4) is 0 Å². The fourth-order valence-corrected chi connectivity index (χ4v) is 8.19. The van der Waals surface area contributed by atoms with Gasteiger partial charge in [-0.3, -0.25) is 33.0 Å². The summed E-state index contributed by atoms with van der Waals surface area (Å²) in [6, 6.07) is 0. The number of hydrogen-bond donors (Lipinski definition) is 11. The van der Waals surface area contributed by atoms with Gasteiger partial charge in [-0.25, -0.2) is 28.6 Å². The van der Waals surface area contributed by atoms with Crippen LogP contribution < -0.4 is 16.4 Å². The van der Waals surface area contributed by atoms with Crippen molar-refractivity contribution in [3.05, 3.63) is 12.7 Å². The highest BCUT2D eigenvalue weighted by atomic mass is 32.2. The van der Waals surface area contributed by atoms with E-state index in [4.69, 9.17) is 24.6 Å². The van der Waals surface area contributed by atoms with Crippen molar-refractivity contribution in [2.75, 3.05) is 44.4 Å². The Hall–Kier alpha value is -2.03. The van der Waals surface area contributed by atoms with Crippen molar-refractivity contribution in [2.45, 2.75) is 64.1 Å². The number of amides is 1. The number of nitrogens with one attached hydrogen (secondary N) is 2. The number of carbonyl (C=O) groups is 2.